The zero-order valence-corrected chi connectivity index (χ0v) is 20.9. The predicted molar refractivity (Wildman–Crippen MR) is 136 cm³/mol. The monoisotopic (exact) mass is 450 g/mol. The summed E-state index contributed by atoms with van der Waals surface area (Å²) in [4.78, 5) is 30.1. The van der Waals surface area contributed by atoms with Gasteiger partial charge in [-0.3, -0.25) is 9.59 Å². The number of carbonyl (C=O) groups is 2. The lowest BCUT2D eigenvalue weighted by Crippen LogP contribution is -2.46. The molecule has 2 aromatic rings. The van der Waals surface area contributed by atoms with Crippen LogP contribution in [0.15, 0.2) is 42.5 Å². The average Bonchev–Trinajstić information content (AvgIpc) is 2.78. The molecule has 0 aliphatic carbocycles. The van der Waals surface area contributed by atoms with Crippen LogP contribution in [0.3, 0.4) is 0 Å². The Hall–Kier alpha value is -2.86. The molecule has 1 heterocycles. The number of anilines is 2. The third-order valence-corrected chi connectivity index (χ3v) is 6.38. The summed E-state index contributed by atoms with van der Waals surface area (Å²) in [5.74, 6) is -0.491. The van der Waals surface area contributed by atoms with Crippen molar-refractivity contribution < 1.29 is 9.59 Å². The summed E-state index contributed by atoms with van der Waals surface area (Å²) in [5, 5.41) is 5.73. The molecule has 0 spiro atoms. The van der Waals surface area contributed by atoms with Gasteiger partial charge in [0.15, 0.2) is 0 Å². The van der Waals surface area contributed by atoms with E-state index in [-0.39, 0.29) is 17.2 Å². The van der Waals surface area contributed by atoms with Crippen LogP contribution in [0, 0.1) is 6.92 Å². The molecule has 1 saturated heterocycles. The molecule has 0 radical (unpaired) electrons. The number of hydrogen-bond donors (Lipinski definition) is 2. The molecular formula is C27H38N4O2. The Morgan fingerprint density at radius 1 is 1.00 bits per heavy atom. The van der Waals surface area contributed by atoms with E-state index in [4.69, 9.17) is 0 Å². The molecule has 2 aromatic carbocycles. The molecule has 6 nitrogen and oxygen atoms in total. The smallest absolute Gasteiger partial charge is 0.251 e. The maximum absolute atomic E-state index is 12.7. The number of nitrogens with one attached hydrogen (secondary N) is 2. The van der Waals surface area contributed by atoms with E-state index in [0.717, 1.165) is 49.5 Å². The first-order chi connectivity index (χ1) is 15.6. The number of hydrogen-bond acceptors (Lipinski definition) is 4. The fraction of sp³-hybridized carbons (Fsp3) is 0.481. The normalized spacial score (nSPS) is 15.8. The third kappa shape index (κ3) is 6.35. The molecule has 1 unspecified atom stereocenters. The first-order valence-corrected chi connectivity index (χ1v) is 11.9. The maximum atomic E-state index is 12.7. The minimum Gasteiger partial charge on any atom is -0.369 e. The molecule has 2 N–H and O–H groups in total. The minimum atomic E-state index is -0.651. The van der Waals surface area contributed by atoms with Crippen molar-refractivity contribution in [3.05, 3.63) is 59.2 Å². The van der Waals surface area contributed by atoms with Gasteiger partial charge in [-0.25, -0.2) is 0 Å². The van der Waals surface area contributed by atoms with Crippen molar-refractivity contribution >= 4 is 23.2 Å². The van der Waals surface area contributed by atoms with Gasteiger partial charge >= 0.3 is 0 Å². The highest BCUT2D eigenvalue weighted by atomic mass is 16.2. The van der Waals surface area contributed by atoms with Gasteiger partial charge in [-0.1, -0.05) is 39.8 Å². The van der Waals surface area contributed by atoms with Gasteiger partial charge in [0.05, 0.1) is 0 Å². The molecule has 3 rings (SSSR count). The maximum Gasteiger partial charge on any atom is 0.251 e. The van der Waals surface area contributed by atoms with Crippen molar-refractivity contribution in [3.63, 3.8) is 0 Å². The van der Waals surface area contributed by atoms with E-state index in [2.05, 4.69) is 61.1 Å². The lowest BCUT2D eigenvalue weighted by molar-refractivity contribution is -0.117. The van der Waals surface area contributed by atoms with Crippen LogP contribution in [-0.4, -0.2) is 55.5 Å². The average molecular weight is 451 g/mol. The second-order valence-corrected chi connectivity index (χ2v) is 9.93. The molecule has 178 valence electrons. The van der Waals surface area contributed by atoms with E-state index in [1.807, 2.05) is 36.4 Å². The van der Waals surface area contributed by atoms with Gasteiger partial charge in [0.25, 0.3) is 5.91 Å². The predicted octanol–water partition coefficient (Wildman–Crippen LogP) is 4.19. The van der Waals surface area contributed by atoms with Crippen molar-refractivity contribution in [1.82, 2.24) is 10.2 Å². The van der Waals surface area contributed by atoms with E-state index in [0.29, 0.717) is 5.56 Å². The zero-order chi connectivity index (χ0) is 24.2. The molecule has 33 heavy (non-hydrogen) atoms. The van der Waals surface area contributed by atoms with Crippen LogP contribution < -0.4 is 15.5 Å². The van der Waals surface area contributed by atoms with Gasteiger partial charge < -0.3 is 20.4 Å². The van der Waals surface area contributed by atoms with Crippen LogP contribution in [0.25, 0.3) is 0 Å². The first-order valence-electron chi connectivity index (χ1n) is 11.9. The number of carbonyl (C=O) groups excluding carboxylic acids is 2. The van der Waals surface area contributed by atoms with Crippen LogP contribution in [0.2, 0.25) is 0 Å². The summed E-state index contributed by atoms with van der Waals surface area (Å²) in [6, 6.07) is 12.9. The van der Waals surface area contributed by atoms with Gasteiger partial charge in [-0.2, -0.15) is 0 Å². The van der Waals surface area contributed by atoms with Gasteiger partial charge in [0.1, 0.15) is 6.04 Å². The lowest BCUT2D eigenvalue weighted by atomic mass is 9.86. The molecule has 0 aromatic heterocycles. The number of likely N-dealkylation sites (N-methyl/N-ethyl adjacent to an activating group) is 1. The Morgan fingerprint density at radius 2 is 1.64 bits per heavy atom. The second-order valence-electron chi connectivity index (χ2n) is 9.93. The summed E-state index contributed by atoms with van der Waals surface area (Å²) in [7, 11) is 0. The number of rotatable bonds is 6. The van der Waals surface area contributed by atoms with Crippen molar-refractivity contribution in [3.8, 4) is 0 Å². The zero-order valence-electron chi connectivity index (χ0n) is 20.9. The minimum absolute atomic E-state index is 0.0275. The van der Waals surface area contributed by atoms with Crippen LogP contribution in [0.1, 0.15) is 56.1 Å². The Bertz CT molecular complexity index is 971. The van der Waals surface area contributed by atoms with Crippen LogP contribution in [0.5, 0.6) is 0 Å². The number of nitrogens with zero attached hydrogens (tertiary/aromatic N) is 2. The molecular weight excluding hydrogens is 412 g/mol. The van der Waals surface area contributed by atoms with Crippen molar-refractivity contribution in [2.45, 2.75) is 53.0 Å². The Kier molecular flexibility index (Phi) is 7.80. The molecule has 2 amide bonds. The van der Waals surface area contributed by atoms with Crippen LogP contribution in [0.4, 0.5) is 11.4 Å². The van der Waals surface area contributed by atoms with E-state index in [1.165, 1.54) is 5.69 Å². The Morgan fingerprint density at radius 3 is 2.18 bits per heavy atom. The molecule has 1 aliphatic heterocycles. The largest absolute Gasteiger partial charge is 0.369 e. The number of amides is 2. The van der Waals surface area contributed by atoms with Crippen LogP contribution >= 0.6 is 0 Å². The van der Waals surface area contributed by atoms with Gasteiger partial charge in [0, 0.05) is 43.1 Å². The molecule has 0 saturated carbocycles. The Labute approximate surface area is 198 Å². The topological polar surface area (TPSA) is 64.7 Å². The number of aryl methyl sites for hydroxylation is 1. The van der Waals surface area contributed by atoms with E-state index < -0.39 is 6.04 Å². The highest BCUT2D eigenvalue weighted by Crippen LogP contribution is 2.25. The summed E-state index contributed by atoms with van der Waals surface area (Å²) in [6.07, 6.45) is 0. The van der Waals surface area contributed by atoms with Crippen LogP contribution in [-0.2, 0) is 10.2 Å². The first kappa shape index (κ1) is 24.8. The molecule has 6 heteroatoms. The highest BCUT2D eigenvalue weighted by molar-refractivity contribution is 6.01. The van der Waals surface area contributed by atoms with E-state index in [1.54, 1.807) is 6.92 Å². The van der Waals surface area contributed by atoms with Gasteiger partial charge in [-0.15, -0.1) is 0 Å². The molecule has 1 fully saturated rings. The standard InChI is InChI=1S/C27H38N4O2/c1-7-30-14-16-31(17-15-30)24-13-12-23(18-19(24)2)29-25(32)20(3)28-26(33)21-8-10-22(11-9-21)27(4,5)6/h8-13,18,20H,7,14-17H2,1-6H3,(H,28,33)(H,29,32). The van der Waals surface area contributed by atoms with Crippen molar-refractivity contribution in [2.75, 3.05) is 42.9 Å². The Balaban J connectivity index is 1.57. The quantitative estimate of drug-likeness (QED) is 0.693. The molecule has 1 atom stereocenters. The highest BCUT2D eigenvalue weighted by Gasteiger charge is 2.20. The lowest BCUT2D eigenvalue weighted by Gasteiger charge is -2.36. The van der Waals surface area contributed by atoms with E-state index in [9.17, 15) is 9.59 Å². The summed E-state index contributed by atoms with van der Waals surface area (Å²) in [5.41, 5.74) is 4.82. The number of benzene rings is 2. The summed E-state index contributed by atoms with van der Waals surface area (Å²) >= 11 is 0. The summed E-state index contributed by atoms with van der Waals surface area (Å²) in [6.45, 7) is 17.6. The second kappa shape index (κ2) is 10.4. The summed E-state index contributed by atoms with van der Waals surface area (Å²) < 4.78 is 0. The van der Waals surface area contributed by atoms with Crippen molar-refractivity contribution in [2.24, 2.45) is 0 Å². The third-order valence-electron chi connectivity index (χ3n) is 6.38. The number of piperazine rings is 1. The molecule has 0 bridgehead atoms. The molecule has 1 aliphatic rings. The van der Waals surface area contributed by atoms with Gasteiger partial charge in [-0.05, 0) is 67.3 Å². The van der Waals surface area contributed by atoms with Gasteiger partial charge in [0.2, 0.25) is 5.91 Å². The van der Waals surface area contributed by atoms with Crippen molar-refractivity contribution in [1.29, 1.82) is 0 Å². The fourth-order valence-electron chi connectivity index (χ4n) is 4.11. The van der Waals surface area contributed by atoms with E-state index >= 15 is 0 Å². The SMILES string of the molecule is CCN1CCN(c2ccc(NC(=O)C(C)NC(=O)c3ccc(C(C)(C)C)cc3)cc2C)CC1. The fourth-order valence-corrected chi connectivity index (χ4v) is 4.11.